The van der Waals surface area contributed by atoms with E-state index >= 15 is 0 Å². The fourth-order valence-corrected chi connectivity index (χ4v) is 3.04. The van der Waals surface area contributed by atoms with Crippen LogP contribution >= 0.6 is 0 Å². The van der Waals surface area contributed by atoms with Crippen LogP contribution in [-0.2, 0) is 6.61 Å². The van der Waals surface area contributed by atoms with E-state index < -0.39 is 17.6 Å². The van der Waals surface area contributed by atoms with E-state index in [1.54, 1.807) is 19.2 Å². The Morgan fingerprint density at radius 3 is 2.65 bits per heavy atom. The Bertz CT molecular complexity index is 1010. The SMILES string of the molecule is Cc1cc(OCc2c(F)cccc2F)c2nc(C3CC3)c(C(=O)O)n2c1. The third kappa shape index (κ3) is 2.79. The topological polar surface area (TPSA) is 63.8 Å². The van der Waals surface area contributed by atoms with E-state index in [0.717, 1.165) is 30.5 Å². The molecule has 1 fully saturated rings. The van der Waals surface area contributed by atoms with E-state index in [4.69, 9.17) is 4.74 Å². The molecule has 1 N–H and O–H groups in total. The smallest absolute Gasteiger partial charge is 0.354 e. The minimum Gasteiger partial charge on any atom is -0.485 e. The standard InChI is InChI=1S/C19H16F2N2O3/c1-10-7-15(26-9-12-13(20)3-2-4-14(12)21)18-22-16(11-5-6-11)17(19(24)25)23(18)8-10/h2-4,7-8,11H,5-6,9H2,1H3,(H,24,25). The van der Waals surface area contributed by atoms with Gasteiger partial charge < -0.3 is 9.84 Å². The molecule has 0 aliphatic heterocycles. The Morgan fingerprint density at radius 2 is 2.04 bits per heavy atom. The van der Waals surface area contributed by atoms with Crippen molar-refractivity contribution < 1.29 is 23.4 Å². The van der Waals surface area contributed by atoms with Crippen LogP contribution in [0.5, 0.6) is 5.75 Å². The van der Waals surface area contributed by atoms with Crippen LogP contribution in [0.15, 0.2) is 30.5 Å². The Kier molecular flexibility index (Phi) is 3.86. The first kappa shape index (κ1) is 16.5. The summed E-state index contributed by atoms with van der Waals surface area (Å²) in [6, 6.07) is 5.30. The number of fused-ring (bicyclic) bond motifs is 1. The molecule has 0 radical (unpaired) electrons. The quantitative estimate of drug-likeness (QED) is 0.747. The highest BCUT2D eigenvalue weighted by Crippen LogP contribution is 2.42. The summed E-state index contributed by atoms with van der Waals surface area (Å²) in [6.07, 6.45) is 3.48. The van der Waals surface area contributed by atoms with Gasteiger partial charge in [-0.1, -0.05) is 6.07 Å². The molecule has 3 aromatic rings. The number of aromatic nitrogens is 2. The van der Waals surface area contributed by atoms with Crippen LogP contribution < -0.4 is 4.74 Å². The average Bonchev–Trinajstić information content (AvgIpc) is 3.34. The lowest BCUT2D eigenvalue weighted by atomic mass is 10.2. The van der Waals surface area contributed by atoms with Crippen molar-refractivity contribution in [1.82, 2.24) is 9.38 Å². The van der Waals surface area contributed by atoms with Crippen molar-refractivity contribution in [3.8, 4) is 5.75 Å². The Labute approximate surface area is 147 Å². The van der Waals surface area contributed by atoms with Gasteiger partial charge in [0.05, 0.1) is 11.3 Å². The number of benzene rings is 1. The minimum absolute atomic E-state index is 0.119. The predicted octanol–water partition coefficient (Wildman–Crippen LogP) is 4.08. The maximum absolute atomic E-state index is 13.8. The normalized spacial score (nSPS) is 14.0. The molecule has 0 amide bonds. The first-order valence-corrected chi connectivity index (χ1v) is 8.27. The van der Waals surface area contributed by atoms with Gasteiger partial charge in [-0.25, -0.2) is 18.6 Å². The lowest BCUT2D eigenvalue weighted by Gasteiger charge is -2.10. The molecule has 1 aliphatic carbocycles. The highest BCUT2D eigenvalue weighted by atomic mass is 19.1. The number of aromatic carboxylic acids is 1. The maximum atomic E-state index is 13.8. The largest absolute Gasteiger partial charge is 0.485 e. The first-order valence-electron chi connectivity index (χ1n) is 8.27. The van der Waals surface area contributed by atoms with Gasteiger partial charge in [-0.05, 0) is 43.5 Å². The molecule has 0 unspecified atom stereocenters. The number of rotatable bonds is 5. The average molecular weight is 358 g/mol. The van der Waals surface area contributed by atoms with Gasteiger partial charge >= 0.3 is 5.97 Å². The van der Waals surface area contributed by atoms with Crippen molar-refractivity contribution in [2.24, 2.45) is 0 Å². The number of carbonyl (C=O) groups is 1. The lowest BCUT2D eigenvalue weighted by Crippen LogP contribution is -2.06. The third-order valence-corrected chi connectivity index (χ3v) is 4.45. The molecule has 0 bridgehead atoms. The van der Waals surface area contributed by atoms with Crippen LogP contribution in [0.2, 0.25) is 0 Å². The van der Waals surface area contributed by atoms with Crippen molar-refractivity contribution in [3.05, 3.63) is 64.6 Å². The maximum Gasteiger partial charge on any atom is 0.354 e. The number of nitrogens with zero attached hydrogens (tertiary/aromatic N) is 2. The summed E-state index contributed by atoms with van der Waals surface area (Å²) in [5.41, 5.74) is 1.56. The van der Waals surface area contributed by atoms with Gasteiger partial charge in [0.2, 0.25) is 0 Å². The van der Waals surface area contributed by atoms with E-state index in [1.165, 1.54) is 10.5 Å². The van der Waals surface area contributed by atoms with E-state index in [0.29, 0.717) is 17.1 Å². The van der Waals surface area contributed by atoms with Gasteiger partial charge in [0.1, 0.15) is 18.2 Å². The summed E-state index contributed by atoms with van der Waals surface area (Å²) in [6.45, 7) is 1.48. The molecule has 1 aliphatic rings. The molecule has 1 saturated carbocycles. The van der Waals surface area contributed by atoms with Gasteiger partial charge in [-0.3, -0.25) is 4.40 Å². The van der Waals surface area contributed by atoms with Gasteiger partial charge in [-0.15, -0.1) is 0 Å². The van der Waals surface area contributed by atoms with Crippen LogP contribution in [-0.4, -0.2) is 20.5 Å². The molecule has 0 saturated heterocycles. The van der Waals surface area contributed by atoms with Crippen molar-refractivity contribution in [2.75, 3.05) is 0 Å². The second kappa shape index (κ2) is 6.09. The number of carboxylic acids is 1. The molecule has 1 aromatic carbocycles. The van der Waals surface area contributed by atoms with E-state index in [2.05, 4.69) is 4.98 Å². The third-order valence-electron chi connectivity index (χ3n) is 4.45. The molecule has 4 rings (SSSR count). The monoisotopic (exact) mass is 358 g/mol. The second-order valence-corrected chi connectivity index (χ2v) is 6.49. The highest BCUT2D eigenvalue weighted by Gasteiger charge is 2.33. The number of imidazole rings is 1. The second-order valence-electron chi connectivity index (χ2n) is 6.49. The van der Waals surface area contributed by atoms with E-state index in [1.807, 2.05) is 0 Å². The molecule has 26 heavy (non-hydrogen) atoms. The first-order chi connectivity index (χ1) is 12.5. The number of halogens is 2. The fraction of sp³-hybridized carbons (Fsp3) is 0.263. The summed E-state index contributed by atoms with van der Waals surface area (Å²) in [7, 11) is 0. The lowest BCUT2D eigenvalue weighted by molar-refractivity contribution is 0.0688. The number of pyridine rings is 1. The summed E-state index contributed by atoms with van der Waals surface area (Å²) in [5, 5.41) is 9.59. The van der Waals surface area contributed by atoms with Crippen LogP contribution in [0.25, 0.3) is 5.65 Å². The summed E-state index contributed by atoms with van der Waals surface area (Å²) >= 11 is 0. The molecular formula is C19H16F2N2O3. The molecule has 134 valence electrons. The zero-order valence-electron chi connectivity index (χ0n) is 14.0. The zero-order valence-corrected chi connectivity index (χ0v) is 14.0. The van der Waals surface area contributed by atoms with Crippen LogP contribution in [0.4, 0.5) is 8.78 Å². The van der Waals surface area contributed by atoms with Gasteiger partial charge in [0.15, 0.2) is 17.1 Å². The minimum atomic E-state index is -1.06. The summed E-state index contributed by atoms with van der Waals surface area (Å²) < 4.78 is 34.8. The fourth-order valence-electron chi connectivity index (χ4n) is 3.04. The predicted molar refractivity (Wildman–Crippen MR) is 89.6 cm³/mol. The van der Waals surface area contributed by atoms with Gasteiger partial charge in [0, 0.05) is 12.1 Å². The Balaban J connectivity index is 1.78. The molecule has 5 nitrogen and oxygen atoms in total. The number of ether oxygens (including phenoxy) is 1. The number of hydrogen-bond donors (Lipinski definition) is 1. The van der Waals surface area contributed by atoms with Crippen molar-refractivity contribution in [2.45, 2.75) is 32.3 Å². The van der Waals surface area contributed by atoms with Crippen LogP contribution in [0, 0.1) is 18.6 Å². The summed E-state index contributed by atoms with van der Waals surface area (Å²) in [4.78, 5) is 16.2. The molecule has 7 heteroatoms. The molecule has 2 heterocycles. The number of aryl methyl sites for hydroxylation is 1. The number of hydrogen-bond acceptors (Lipinski definition) is 3. The van der Waals surface area contributed by atoms with Gasteiger partial charge in [-0.2, -0.15) is 0 Å². The molecule has 0 atom stereocenters. The van der Waals surface area contributed by atoms with Crippen molar-refractivity contribution >= 4 is 11.6 Å². The summed E-state index contributed by atoms with van der Waals surface area (Å²) in [5.74, 6) is -2.01. The van der Waals surface area contributed by atoms with Crippen molar-refractivity contribution in [3.63, 3.8) is 0 Å². The van der Waals surface area contributed by atoms with Crippen molar-refractivity contribution in [1.29, 1.82) is 0 Å². The molecule has 0 spiro atoms. The molecular weight excluding hydrogens is 342 g/mol. The highest BCUT2D eigenvalue weighted by molar-refractivity contribution is 5.89. The number of carboxylic acid groups (broad SMARTS) is 1. The van der Waals surface area contributed by atoms with Gasteiger partial charge in [0.25, 0.3) is 0 Å². The van der Waals surface area contributed by atoms with E-state index in [-0.39, 0.29) is 23.8 Å². The zero-order chi connectivity index (χ0) is 18.4. The van der Waals surface area contributed by atoms with Crippen LogP contribution in [0.1, 0.15) is 46.1 Å². The van der Waals surface area contributed by atoms with Crippen LogP contribution in [0.3, 0.4) is 0 Å². The van der Waals surface area contributed by atoms with E-state index in [9.17, 15) is 18.7 Å². The Morgan fingerprint density at radius 1 is 1.35 bits per heavy atom. The Hall–Kier alpha value is -2.96. The molecule has 2 aromatic heterocycles.